The number of benzene rings is 1. The fraction of sp³-hybridized carbons (Fsp3) is 0.500. The van der Waals surface area contributed by atoms with Crippen molar-refractivity contribution in [1.82, 2.24) is 5.32 Å². The molecule has 1 fully saturated rings. The van der Waals surface area contributed by atoms with Gasteiger partial charge in [-0.25, -0.2) is 0 Å². The minimum absolute atomic E-state index is 0.000818. The molecule has 0 aromatic heterocycles. The lowest BCUT2D eigenvalue weighted by Crippen LogP contribution is -2.31. The summed E-state index contributed by atoms with van der Waals surface area (Å²) in [5.74, 6) is 0.778. The van der Waals surface area contributed by atoms with Crippen LogP contribution in [-0.2, 0) is 11.2 Å². The SMILES string of the molecule is O=C(CC1CC1)NC1c2ccccc2CC1Cl. The number of carbonyl (C=O) groups is 1. The van der Waals surface area contributed by atoms with Gasteiger partial charge in [-0.3, -0.25) is 4.79 Å². The summed E-state index contributed by atoms with van der Waals surface area (Å²) in [6, 6.07) is 8.20. The van der Waals surface area contributed by atoms with Crippen LogP contribution in [0.15, 0.2) is 24.3 Å². The van der Waals surface area contributed by atoms with E-state index in [2.05, 4.69) is 17.4 Å². The van der Waals surface area contributed by atoms with E-state index in [0.717, 1.165) is 6.42 Å². The quantitative estimate of drug-likeness (QED) is 0.820. The number of nitrogens with one attached hydrogen (secondary N) is 1. The molecule has 0 saturated heterocycles. The van der Waals surface area contributed by atoms with E-state index in [1.54, 1.807) is 0 Å². The molecule has 2 aliphatic carbocycles. The number of fused-ring (bicyclic) bond motifs is 1. The van der Waals surface area contributed by atoms with Crippen molar-refractivity contribution in [1.29, 1.82) is 0 Å². The Morgan fingerprint density at radius 3 is 2.88 bits per heavy atom. The van der Waals surface area contributed by atoms with Crippen molar-refractivity contribution in [2.45, 2.75) is 37.1 Å². The molecule has 90 valence electrons. The topological polar surface area (TPSA) is 29.1 Å². The summed E-state index contributed by atoms with van der Waals surface area (Å²) >= 11 is 6.33. The second-order valence-corrected chi connectivity index (χ2v) is 5.67. The molecule has 2 nitrogen and oxygen atoms in total. The zero-order valence-electron chi connectivity index (χ0n) is 9.66. The highest BCUT2D eigenvalue weighted by Gasteiger charge is 2.33. The van der Waals surface area contributed by atoms with Crippen LogP contribution in [0.5, 0.6) is 0 Å². The van der Waals surface area contributed by atoms with Crippen LogP contribution >= 0.6 is 11.6 Å². The predicted molar refractivity (Wildman–Crippen MR) is 68.0 cm³/mol. The molecule has 0 spiro atoms. The summed E-state index contributed by atoms with van der Waals surface area (Å²) in [4.78, 5) is 11.8. The van der Waals surface area contributed by atoms with E-state index in [1.807, 2.05) is 12.1 Å². The van der Waals surface area contributed by atoms with Crippen molar-refractivity contribution in [2.75, 3.05) is 0 Å². The first kappa shape index (κ1) is 11.1. The molecule has 2 unspecified atom stereocenters. The molecule has 1 saturated carbocycles. The molecule has 2 atom stereocenters. The molecule has 1 aromatic rings. The second-order valence-electron chi connectivity index (χ2n) is 5.11. The fourth-order valence-electron chi connectivity index (χ4n) is 2.53. The minimum atomic E-state index is -0.00412. The summed E-state index contributed by atoms with van der Waals surface area (Å²) in [6.45, 7) is 0. The summed E-state index contributed by atoms with van der Waals surface area (Å²) in [7, 11) is 0. The highest BCUT2D eigenvalue weighted by atomic mass is 35.5. The lowest BCUT2D eigenvalue weighted by molar-refractivity contribution is -0.122. The van der Waals surface area contributed by atoms with Crippen molar-refractivity contribution in [3.63, 3.8) is 0 Å². The molecule has 17 heavy (non-hydrogen) atoms. The molecule has 0 bridgehead atoms. The van der Waals surface area contributed by atoms with Gasteiger partial charge < -0.3 is 5.32 Å². The number of hydrogen-bond acceptors (Lipinski definition) is 1. The van der Waals surface area contributed by atoms with Gasteiger partial charge in [0.1, 0.15) is 0 Å². The highest BCUT2D eigenvalue weighted by Crippen LogP contribution is 2.36. The zero-order valence-corrected chi connectivity index (χ0v) is 10.4. The Hall–Kier alpha value is -1.02. The van der Waals surface area contributed by atoms with Gasteiger partial charge in [0.25, 0.3) is 0 Å². The summed E-state index contributed by atoms with van der Waals surface area (Å²) < 4.78 is 0. The molecule has 0 heterocycles. The van der Waals surface area contributed by atoms with E-state index in [0.29, 0.717) is 12.3 Å². The fourth-order valence-corrected chi connectivity index (χ4v) is 2.90. The van der Waals surface area contributed by atoms with E-state index in [9.17, 15) is 4.79 Å². The Bertz CT molecular complexity index is 442. The van der Waals surface area contributed by atoms with Crippen LogP contribution in [0.1, 0.15) is 36.4 Å². The smallest absolute Gasteiger partial charge is 0.220 e. The first-order valence-corrected chi connectivity index (χ1v) is 6.69. The Kier molecular flexibility index (Phi) is 2.83. The van der Waals surface area contributed by atoms with Gasteiger partial charge >= 0.3 is 0 Å². The average Bonchev–Trinajstić information content (AvgIpc) is 3.05. The normalized spacial score (nSPS) is 26.6. The number of carbonyl (C=O) groups excluding carboxylic acids is 1. The van der Waals surface area contributed by atoms with Crippen LogP contribution in [0.25, 0.3) is 0 Å². The third kappa shape index (κ3) is 2.32. The molecule has 3 heteroatoms. The van der Waals surface area contributed by atoms with Gasteiger partial charge in [0.2, 0.25) is 5.91 Å². The Balaban J connectivity index is 1.71. The van der Waals surface area contributed by atoms with Crippen LogP contribution in [0.4, 0.5) is 0 Å². The van der Waals surface area contributed by atoms with E-state index >= 15 is 0 Å². The molecule has 1 aromatic carbocycles. The maximum absolute atomic E-state index is 11.8. The number of alkyl halides is 1. The van der Waals surface area contributed by atoms with Crippen LogP contribution in [0, 0.1) is 5.92 Å². The molecule has 3 rings (SSSR count). The van der Waals surface area contributed by atoms with Gasteiger partial charge in [0, 0.05) is 6.42 Å². The minimum Gasteiger partial charge on any atom is -0.348 e. The van der Waals surface area contributed by atoms with Crippen molar-refractivity contribution >= 4 is 17.5 Å². The first-order chi connectivity index (χ1) is 8.24. The van der Waals surface area contributed by atoms with Gasteiger partial charge in [-0.2, -0.15) is 0 Å². The van der Waals surface area contributed by atoms with E-state index in [4.69, 9.17) is 11.6 Å². The van der Waals surface area contributed by atoms with Crippen molar-refractivity contribution in [3.05, 3.63) is 35.4 Å². The average molecular weight is 250 g/mol. The highest BCUT2D eigenvalue weighted by molar-refractivity contribution is 6.21. The Morgan fingerprint density at radius 1 is 1.35 bits per heavy atom. The number of amides is 1. The molecular formula is C14H16ClNO. The van der Waals surface area contributed by atoms with Gasteiger partial charge in [-0.05, 0) is 36.3 Å². The molecule has 1 N–H and O–H groups in total. The van der Waals surface area contributed by atoms with Crippen molar-refractivity contribution in [3.8, 4) is 0 Å². The standard InChI is InChI=1S/C14H16ClNO/c15-12-8-10-3-1-2-4-11(10)14(12)16-13(17)7-9-5-6-9/h1-4,9,12,14H,5-8H2,(H,16,17). The van der Waals surface area contributed by atoms with Crippen LogP contribution in [0.2, 0.25) is 0 Å². The van der Waals surface area contributed by atoms with Crippen LogP contribution in [0.3, 0.4) is 0 Å². The van der Waals surface area contributed by atoms with E-state index < -0.39 is 0 Å². The van der Waals surface area contributed by atoms with Gasteiger partial charge in [0.05, 0.1) is 11.4 Å². The third-order valence-corrected chi connectivity index (χ3v) is 4.06. The lowest BCUT2D eigenvalue weighted by Gasteiger charge is -2.17. The summed E-state index contributed by atoms with van der Waals surface area (Å²) in [6.07, 6.45) is 3.94. The maximum Gasteiger partial charge on any atom is 0.220 e. The molecule has 0 radical (unpaired) electrons. The molecular weight excluding hydrogens is 234 g/mol. The van der Waals surface area contributed by atoms with Crippen molar-refractivity contribution < 1.29 is 4.79 Å². The zero-order chi connectivity index (χ0) is 11.8. The molecule has 0 aliphatic heterocycles. The van der Waals surface area contributed by atoms with Crippen LogP contribution in [-0.4, -0.2) is 11.3 Å². The maximum atomic E-state index is 11.8. The van der Waals surface area contributed by atoms with E-state index in [1.165, 1.54) is 24.0 Å². The monoisotopic (exact) mass is 249 g/mol. The lowest BCUT2D eigenvalue weighted by atomic mass is 10.1. The van der Waals surface area contributed by atoms with Crippen LogP contribution < -0.4 is 5.32 Å². The number of hydrogen-bond donors (Lipinski definition) is 1. The Labute approximate surface area is 106 Å². The summed E-state index contributed by atoms with van der Waals surface area (Å²) in [5.41, 5.74) is 2.46. The molecule has 1 amide bonds. The second kappa shape index (κ2) is 4.34. The number of rotatable bonds is 3. The first-order valence-electron chi connectivity index (χ1n) is 6.25. The number of halogens is 1. The van der Waals surface area contributed by atoms with Crippen molar-refractivity contribution in [2.24, 2.45) is 5.92 Å². The molecule has 2 aliphatic rings. The largest absolute Gasteiger partial charge is 0.348 e. The summed E-state index contributed by atoms with van der Waals surface area (Å²) in [5, 5.41) is 3.08. The van der Waals surface area contributed by atoms with Gasteiger partial charge in [0.15, 0.2) is 0 Å². The Morgan fingerprint density at radius 2 is 2.12 bits per heavy atom. The predicted octanol–water partition coefficient (Wildman–Crippen LogP) is 2.81. The van der Waals surface area contributed by atoms with Gasteiger partial charge in [-0.15, -0.1) is 11.6 Å². The van der Waals surface area contributed by atoms with E-state index in [-0.39, 0.29) is 17.3 Å². The van der Waals surface area contributed by atoms with Gasteiger partial charge in [-0.1, -0.05) is 24.3 Å². The third-order valence-electron chi connectivity index (χ3n) is 3.65.